The molecule has 48 heavy (non-hydrogen) atoms. The second kappa shape index (κ2) is 12.5. The maximum atomic E-state index is 13.4. The summed E-state index contributed by atoms with van der Waals surface area (Å²) in [6.07, 6.45) is 0.461. The number of carbonyl (C=O) groups excluding carboxylic acids is 2. The predicted molar refractivity (Wildman–Crippen MR) is 193 cm³/mol. The number of aromatic nitrogens is 1. The molecule has 6 nitrogen and oxygen atoms in total. The van der Waals surface area contributed by atoms with Gasteiger partial charge in [-0.3, -0.25) is 14.5 Å². The molecule has 238 valence electrons. The second-order valence-corrected chi connectivity index (χ2v) is 13.0. The summed E-state index contributed by atoms with van der Waals surface area (Å²) in [5.41, 5.74) is 12.3. The Hall–Kier alpha value is -5.59. The van der Waals surface area contributed by atoms with E-state index in [1.54, 1.807) is 0 Å². The standard InChI is InChI=1S/C42H38N4O2/c1-41(2)40(38(48)28-47)46(29-45(41)27-30-26-39(43)44-37-21-13-12-20-36(30)37)35-24-22-34(23-25-35)42(31-14-6-3-7-15-31,32-16-8-4-9-17-32)33-18-10-5-11-19-33/h3-26,28,40H,27,29H2,1-2H3,(H2,43,44). The molecule has 0 saturated carbocycles. The van der Waals surface area contributed by atoms with E-state index in [9.17, 15) is 9.59 Å². The van der Waals surface area contributed by atoms with Crippen LogP contribution in [-0.4, -0.2) is 40.2 Å². The van der Waals surface area contributed by atoms with Crippen molar-refractivity contribution < 1.29 is 9.59 Å². The van der Waals surface area contributed by atoms with E-state index in [-0.39, 0.29) is 0 Å². The third-order valence-corrected chi connectivity index (χ3v) is 9.94. The van der Waals surface area contributed by atoms with Gasteiger partial charge in [-0.1, -0.05) is 121 Å². The van der Waals surface area contributed by atoms with Gasteiger partial charge in [-0.05, 0) is 65.9 Å². The first kappa shape index (κ1) is 31.0. The fourth-order valence-corrected chi connectivity index (χ4v) is 7.63. The van der Waals surface area contributed by atoms with E-state index in [0.29, 0.717) is 25.3 Å². The topological polar surface area (TPSA) is 79.5 Å². The Bertz CT molecular complexity index is 1970. The van der Waals surface area contributed by atoms with E-state index >= 15 is 0 Å². The predicted octanol–water partition coefficient (Wildman–Crippen LogP) is 7.39. The Morgan fingerprint density at radius 2 is 1.27 bits per heavy atom. The van der Waals surface area contributed by atoms with Crippen LogP contribution in [0.5, 0.6) is 0 Å². The molecular weight excluding hydrogens is 592 g/mol. The van der Waals surface area contributed by atoms with Gasteiger partial charge in [0.15, 0.2) is 6.29 Å². The van der Waals surface area contributed by atoms with Crippen LogP contribution in [0.4, 0.5) is 11.5 Å². The van der Waals surface area contributed by atoms with Gasteiger partial charge in [0.05, 0.1) is 17.6 Å². The lowest BCUT2D eigenvalue weighted by molar-refractivity contribution is -0.131. The van der Waals surface area contributed by atoms with Crippen molar-refractivity contribution in [1.29, 1.82) is 0 Å². The zero-order chi connectivity index (χ0) is 33.3. The molecule has 0 aliphatic carbocycles. The Kier molecular flexibility index (Phi) is 8.11. The quantitative estimate of drug-likeness (QED) is 0.102. The molecule has 0 radical (unpaired) electrons. The number of hydrogen-bond acceptors (Lipinski definition) is 6. The summed E-state index contributed by atoms with van der Waals surface area (Å²) in [5, 5.41) is 1.02. The van der Waals surface area contributed by atoms with Crippen molar-refractivity contribution in [2.24, 2.45) is 0 Å². The molecule has 0 amide bonds. The molecule has 2 heterocycles. The molecule has 1 aliphatic heterocycles. The van der Waals surface area contributed by atoms with Crippen molar-refractivity contribution in [3.8, 4) is 0 Å². The lowest BCUT2D eigenvalue weighted by Crippen LogP contribution is -2.51. The summed E-state index contributed by atoms with van der Waals surface area (Å²) in [6, 6.07) is 49.4. The molecule has 5 aromatic carbocycles. The molecule has 1 aromatic heterocycles. The number of carbonyl (C=O) groups is 2. The number of anilines is 2. The van der Waals surface area contributed by atoms with Gasteiger partial charge in [0.2, 0.25) is 5.78 Å². The van der Waals surface area contributed by atoms with Crippen LogP contribution >= 0.6 is 0 Å². The number of ketones is 1. The van der Waals surface area contributed by atoms with E-state index in [1.807, 2.05) is 62.4 Å². The molecule has 6 aromatic rings. The fourth-order valence-electron chi connectivity index (χ4n) is 7.63. The van der Waals surface area contributed by atoms with Crippen molar-refractivity contribution in [2.75, 3.05) is 17.3 Å². The number of benzene rings is 5. The first-order valence-electron chi connectivity index (χ1n) is 16.3. The minimum atomic E-state index is -0.673. The minimum Gasteiger partial charge on any atom is -0.384 e. The zero-order valence-electron chi connectivity index (χ0n) is 27.2. The first-order valence-corrected chi connectivity index (χ1v) is 16.3. The van der Waals surface area contributed by atoms with Crippen molar-refractivity contribution in [3.63, 3.8) is 0 Å². The highest BCUT2D eigenvalue weighted by atomic mass is 16.2. The SMILES string of the molecule is CC1(C)C(C(=O)C=O)N(c2ccc(C(c3ccccc3)(c3ccccc3)c3ccccc3)cc2)CN1Cc1cc(N)nc2ccccc12. The van der Waals surface area contributed by atoms with E-state index in [0.717, 1.165) is 44.4 Å². The van der Waals surface area contributed by atoms with Crippen LogP contribution in [-0.2, 0) is 21.5 Å². The molecule has 1 saturated heterocycles. The first-order chi connectivity index (χ1) is 23.3. The van der Waals surface area contributed by atoms with Gasteiger partial charge in [-0.25, -0.2) is 4.98 Å². The number of Topliss-reactive ketones (excluding diaryl/α,β-unsaturated/α-hetero) is 1. The smallest absolute Gasteiger partial charge is 0.219 e. The number of rotatable bonds is 9. The van der Waals surface area contributed by atoms with Crippen molar-refractivity contribution >= 4 is 34.5 Å². The summed E-state index contributed by atoms with van der Waals surface area (Å²) in [7, 11) is 0. The minimum absolute atomic E-state index is 0.446. The maximum Gasteiger partial charge on any atom is 0.219 e. The molecule has 1 unspecified atom stereocenters. The normalized spacial score (nSPS) is 16.2. The Morgan fingerprint density at radius 3 is 1.81 bits per heavy atom. The number of aldehydes is 1. The van der Waals surface area contributed by atoms with Crippen LogP contribution in [0.25, 0.3) is 10.9 Å². The van der Waals surface area contributed by atoms with Crippen molar-refractivity contribution in [3.05, 3.63) is 173 Å². The van der Waals surface area contributed by atoms with Crippen LogP contribution in [0.2, 0.25) is 0 Å². The highest BCUT2D eigenvalue weighted by molar-refractivity contribution is 6.29. The van der Waals surface area contributed by atoms with E-state index in [2.05, 4.69) is 112 Å². The van der Waals surface area contributed by atoms with E-state index < -0.39 is 22.8 Å². The van der Waals surface area contributed by atoms with Crippen LogP contribution < -0.4 is 10.6 Å². The van der Waals surface area contributed by atoms with Crippen molar-refractivity contribution in [1.82, 2.24) is 9.88 Å². The number of nitrogens with two attached hydrogens (primary N) is 1. The maximum absolute atomic E-state index is 13.4. The Morgan fingerprint density at radius 1 is 0.771 bits per heavy atom. The number of nitrogens with zero attached hydrogens (tertiary/aromatic N) is 3. The average Bonchev–Trinajstić information content (AvgIpc) is 3.39. The van der Waals surface area contributed by atoms with Crippen LogP contribution in [0.15, 0.2) is 146 Å². The van der Waals surface area contributed by atoms with Gasteiger partial charge in [-0.15, -0.1) is 0 Å². The second-order valence-electron chi connectivity index (χ2n) is 13.0. The third-order valence-electron chi connectivity index (χ3n) is 9.94. The van der Waals surface area contributed by atoms with Gasteiger partial charge >= 0.3 is 0 Å². The van der Waals surface area contributed by atoms with Gasteiger partial charge in [0.1, 0.15) is 11.9 Å². The average molecular weight is 631 g/mol. The molecule has 0 spiro atoms. The summed E-state index contributed by atoms with van der Waals surface area (Å²) in [4.78, 5) is 34.3. The molecule has 0 bridgehead atoms. The zero-order valence-corrected chi connectivity index (χ0v) is 27.2. The Balaban J connectivity index is 1.32. The van der Waals surface area contributed by atoms with Crippen LogP contribution in [0, 0.1) is 0 Å². The fraction of sp³-hybridized carbons (Fsp3) is 0.167. The Labute approximate surface area is 281 Å². The number of fused-ring (bicyclic) bond motifs is 1. The van der Waals surface area contributed by atoms with Crippen LogP contribution in [0.1, 0.15) is 41.7 Å². The monoisotopic (exact) mass is 630 g/mol. The molecule has 1 aliphatic rings. The largest absolute Gasteiger partial charge is 0.384 e. The molecule has 2 N–H and O–H groups in total. The molecular formula is C42H38N4O2. The highest BCUT2D eigenvalue weighted by Crippen LogP contribution is 2.46. The van der Waals surface area contributed by atoms with Gasteiger partial charge in [-0.2, -0.15) is 0 Å². The number of pyridine rings is 1. The van der Waals surface area contributed by atoms with Crippen LogP contribution in [0.3, 0.4) is 0 Å². The van der Waals surface area contributed by atoms with E-state index in [4.69, 9.17) is 5.73 Å². The number of para-hydroxylation sites is 1. The highest BCUT2D eigenvalue weighted by Gasteiger charge is 2.50. The number of hydrogen-bond donors (Lipinski definition) is 1. The lowest BCUT2D eigenvalue weighted by atomic mass is 9.65. The summed E-state index contributed by atoms with van der Waals surface area (Å²) < 4.78 is 0. The van der Waals surface area contributed by atoms with Gasteiger partial charge in [0.25, 0.3) is 0 Å². The summed E-state index contributed by atoms with van der Waals surface area (Å²) in [6.45, 7) is 5.06. The summed E-state index contributed by atoms with van der Waals surface area (Å²) in [5.74, 6) is 0.00489. The molecule has 1 atom stereocenters. The number of nitrogen functional groups attached to an aromatic ring is 1. The molecule has 7 rings (SSSR count). The molecule has 6 heteroatoms. The molecule has 1 fully saturated rings. The van der Waals surface area contributed by atoms with Gasteiger partial charge in [0, 0.05) is 23.2 Å². The van der Waals surface area contributed by atoms with Gasteiger partial charge < -0.3 is 10.6 Å². The van der Waals surface area contributed by atoms with E-state index in [1.165, 1.54) is 0 Å². The lowest BCUT2D eigenvalue weighted by Gasteiger charge is -2.37. The van der Waals surface area contributed by atoms with Crippen molar-refractivity contribution in [2.45, 2.75) is 37.4 Å². The summed E-state index contributed by atoms with van der Waals surface area (Å²) >= 11 is 0. The third kappa shape index (κ3) is 5.24.